The number of carboxylic acids is 1. The standard InChI is InChI=1S/C25H29N3O3S/c1-17(19-9-6-10-21(13-19)31-2)26-14-20-11-12-28(25-27-15-23(32-25)24(29)30)16-22(20)18-7-4-3-5-8-18/h3-10,13,15,17,20,22,26H,11-12,14,16H2,1-2H3,(H,29,30)/t17-,20?,22?/m1/s1. The highest BCUT2D eigenvalue weighted by Gasteiger charge is 2.32. The maximum atomic E-state index is 11.3. The van der Waals surface area contributed by atoms with E-state index < -0.39 is 5.97 Å². The number of methoxy groups -OCH3 is 1. The van der Waals surface area contributed by atoms with Gasteiger partial charge in [0.2, 0.25) is 0 Å². The Morgan fingerprint density at radius 3 is 2.81 bits per heavy atom. The SMILES string of the molecule is COc1cccc([C@@H](C)NCC2CCN(c3ncc(C(=O)O)s3)CC2c2ccccc2)c1. The number of thiazole rings is 1. The van der Waals surface area contributed by atoms with Gasteiger partial charge in [-0.05, 0) is 49.1 Å². The smallest absolute Gasteiger partial charge is 0.347 e. The van der Waals surface area contributed by atoms with Crippen molar-refractivity contribution < 1.29 is 14.6 Å². The molecular formula is C25H29N3O3S. The van der Waals surface area contributed by atoms with E-state index in [1.807, 2.05) is 18.2 Å². The number of hydrogen-bond donors (Lipinski definition) is 2. The number of hydrogen-bond acceptors (Lipinski definition) is 6. The van der Waals surface area contributed by atoms with Crippen molar-refractivity contribution in [3.63, 3.8) is 0 Å². The molecule has 3 atom stereocenters. The minimum absolute atomic E-state index is 0.219. The van der Waals surface area contributed by atoms with Crippen LogP contribution in [0.15, 0.2) is 60.8 Å². The van der Waals surface area contributed by atoms with Crippen molar-refractivity contribution in [1.82, 2.24) is 10.3 Å². The van der Waals surface area contributed by atoms with Gasteiger partial charge in [0.15, 0.2) is 5.13 Å². The van der Waals surface area contributed by atoms with Gasteiger partial charge in [0, 0.05) is 25.0 Å². The highest BCUT2D eigenvalue weighted by Crippen LogP contribution is 2.36. The molecule has 0 bridgehead atoms. The number of ether oxygens (including phenoxy) is 1. The lowest BCUT2D eigenvalue weighted by molar-refractivity contribution is 0.0702. The Hall–Kier alpha value is -2.90. The van der Waals surface area contributed by atoms with E-state index in [4.69, 9.17) is 4.74 Å². The van der Waals surface area contributed by atoms with Crippen molar-refractivity contribution >= 4 is 22.4 Å². The molecule has 168 valence electrons. The molecule has 1 aromatic heterocycles. The maximum Gasteiger partial charge on any atom is 0.347 e. The number of aromatic nitrogens is 1. The van der Waals surface area contributed by atoms with Crippen LogP contribution in [0.4, 0.5) is 5.13 Å². The summed E-state index contributed by atoms with van der Waals surface area (Å²) >= 11 is 1.25. The molecule has 32 heavy (non-hydrogen) atoms. The van der Waals surface area contributed by atoms with Crippen LogP contribution in [0.25, 0.3) is 0 Å². The lowest BCUT2D eigenvalue weighted by Crippen LogP contribution is -2.43. The van der Waals surface area contributed by atoms with Crippen molar-refractivity contribution in [2.45, 2.75) is 25.3 Å². The summed E-state index contributed by atoms with van der Waals surface area (Å²) < 4.78 is 5.37. The summed E-state index contributed by atoms with van der Waals surface area (Å²) in [6.45, 7) is 4.79. The summed E-state index contributed by atoms with van der Waals surface area (Å²) in [5.41, 5.74) is 2.52. The Morgan fingerprint density at radius 2 is 2.09 bits per heavy atom. The van der Waals surface area contributed by atoms with Gasteiger partial charge in [0.25, 0.3) is 0 Å². The van der Waals surface area contributed by atoms with Crippen molar-refractivity contribution in [1.29, 1.82) is 0 Å². The largest absolute Gasteiger partial charge is 0.497 e. The highest BCUT2D eigenvalue weighted by molar-refractivity contribution is 7.17. The van der Waals surface area contributed by atoms with Crippen LogP contribution in [0.5, 0.6) is 5.75 Å². The average Bonchev–Trinajstić information content (AvgIpc) is 3.34. The predicted octanol–water partition coefficient (Wildman–Crippen LogP) is 4.81. The summed E-state index contributed by atoms with van der Waals surface area (Å²) in [6, 6.07) is 19.0. The van der Waals surface area contributed by atoms with E-state index in [0.29, 0.717) is 11.8 Å². The summed E-state index contributed by atoms with van der Waals surface area (Å²) in [5, 5.41) is 13.8. The molecule has 1 aliphatic rings. The van der Waals surface area contributed by atoms with Gasteiger partial charge in [-0.15, -0.1) is 0 Å². The molecule has 3 aromatic rings. The molecule has 2 N–H and O–H groups in total. The normalized spacial score (nSPS) is 19.5. The number of piperidine rings is 1. The van der Waals surface area contributed by atoms with E-state index in [-0.39, 0.29) is 10.9 Å². The number of anilines is 1. The number of aromatic carboxylic acids is 1. The van der Waals surface area contributed by atoms with Gasteiger partial charge in [-0.1, -0.05) is 53.8 Å². The van der Waals surface area contributed by atoms with Crippen molar-refractivity contribution in [2.24, 2.45) is 5.92 Å². The number of nitrogens with one attached hydrogen (secondary N) is 1. The van der Waals surface area contributed by atoms with E-state index in [0.717, 1.165) is 36.9 Å². The first-order chi connectivity index (χ1) is 15.5. The van der Waals surface area contributed by atoms with Crippen LogP contribution in [-0.2, 0) is 0 Å². The van der Waals surface area contributed by atoms with E-state index in [1.165, 1.54) is 28.7 Å². The zero-order valence-corrected chi connectivity index (χ0v) is 19.2. The molecule has 4 rings (SSSR count). The lowest BCUT2D eigenvalue weighted by Gasteiger charge is -2.39. The van der Waals surface area contributed by atoms with E-state index in [1.54, 1.807) is 7.11 Å². The van der Waals surface area contributed by atoms with Crippen molar-refractivity contribution in [3.8, 4) is 5.75 Å². The second kappa shape index (κ2) is 10.1. The van der Waals surface area contributed by atoms with Crippen LogP contribution in [0, 0.1) is 5.92 Å². The summed E-state index contributed by atoms with van der Waals surface area (Å²) in [7, 11) is 1.69. The zero-order chi connectivity index (χ0) is 22.5. The molecule has 7 heteroatoms. The Morgan fingerprint density at radius 1 is 1.28 bits per heavy atom. The molecule has 0 aliphatic carbocycles. The summed E-state index contributed by atoms with van der Waals surface area (Å²) in [6.07, 6.45) is 2.47. The van der Waals surface area contributed by atoms with Crippen LogP contribution in [0.3, 0.4) is 0 Å². The number of carbonyl (C=O) groups is 1. The zero-order valence-electron chi connectivity index (χ0n) is 18.4. The van der Waals surface area contributed by atoms with E-state index in [9.17, 15) is 9.90 Å². The molecule has 0 saturated carbocycles. The molecule has 6 nitrogen and oxygen atoms in total. The van der Waals surface area contributed by atoms with Gasteiger partial charge < -0.3 is 20.1 Å². The average molecular weight is 452 g/mol. The Bertz CT molecular complexity index is 1040. The predicted molar refractivity (Wildman–Crippen MR) is 128 cm³/mol. The molecule has 2 heterocycles. The first-order valence-corrected chi connectivity index (χ1v) is 11.7. The fourth-order valence-corrected chi connectivity index (χ4v) is 5.15. The van der Waals surface area contributed by atoms with Gasteiger partial charge in [0.1, 0.15) is 10.6 Å². The molecule has 0 amide bonds. The lowest BCUT2D eigenvalue weighted by atomic mass is 9.80. The van der Waals surface area contributed by atoms with Crippen molar-refractivity contribution in [3.05, 3.63) is 76.8 Å². The molecular weight excluding hydrogens is 422 g/mol. The van der Waals surface area contributed by atoms with Gasteiger partial charge in [-0.25, -0.2) is 9.78 Å². The Balaban J connectivity index is 1.47. The van der Waals surface area contributed by atoms with Crippen LogP contribution >= 0.6 is 11.3 Å². The highest BCUT2D eigenvalue weighted by atomic mass is 32.1. The minimum Gasteiger partial charge on any atom is -0.497 e. The topological polar surface area (TPSA) is 74.7 Å². The Labute approximate surface area is 192 Å². The monoisotopic (exact) mass is 451 g/mol. The second-order valence-electron chi connectivity index (χ2n) is 8.23. The Kier molecular flexibility index (Phi) is 7.07. The van der Waals surface area contributed by atoms with Gasteiger partial charge in [-0.2, -0.15) is 0 Å². The quantitative estimate of drug-likeness (QED) is 0.512. The van der Waals surface area contributed by atoms with Crippen LogP contribution in [0.1, 0.15) is 46.1 Å². The maximum absolute atomic E-state index is 11.3. The fourth-order valence-electron chi connectivity index (χ4n) is 4.36. The van der Waals surface area contributed by atoms with Crippen LogP contribution in [0.2, 0.25) is 0 Å². The number of nitrogens with zero attached hydrogens (tertiary/aromatic N) is 2. The summed E-state index contributed by atoms with van der Waals surface area (Å²) in [5.74, 6) is 0.766. The van der Waals surface area contributed by atoms with Crippen LogP contribution < -0.4 is 15.0 Å². The molecule has 1 fully saturated rings. The molecule has 1 saturated heterocycles. The number of carboxylic acid groups (broad SMARTS) is 1. The first kappa shape index (κ1) is 22.3. The third-order valence-corrected chi connectivity index (χ3v) is 7.28. The first-order valence-electron chi connectivity index (χ1n) is 10.9. The third-order valence-electron chi connectivity index (χ3n) is 6.24. The molecule has 2 aromatic carbocycles. The third kappa shape index (κ3) is 5.11. The number of rotatable bonds is 8. The molecule has 0 radical (unpaired) electrons. The van der Waals surface area contributed by atoms with Gasteiger partial charge >= 0.3 is 5.97 Å². The van der Waals surface area contributed by atoms with Crippen molar-refractivity contribution in [2.75, 3.05) is 31.6 Å². The summed E-state index contributed by atoms with van der Waals surface area (Å²) in [4.78, 5) is 18.2. The second-order valence-corrected chi connectivity index (χ2v) is 9.24. The van der Waals surface area contributed by atoms with Gasteiger partial charge in [0.05, 0.1) is 13.3 Å². The minimum atomic E-state index is -0.918. The number of benzene rings is 2. The van der Waals surface area contributed by atoms with E-state index >= 15 is 0 Å². The fraction of sp³-hybridized carbons (Fsp3) is 0.360. The van der Waals surface area contributed by atoms with Gasteiger partial charge in [-0.3, -0.25) is 0 Å². The molecule has 0 spiro atoms. The van der Waals surface area contributed by atoms with Crippen LogP contribution in [-0.4, -0.2) is 42.8 Å². The molecule has 1 aliphatic heterocycles. The van der Waals surface area contributed by atoms with E-state index in [2.05, 4.69) is 58.5 Å². The molecule has 2 unspecified atom stereocenters.